The normalized spacial score (nSPS) is 24.7. The molecule has 0 unspecified atom stereocenters. The first-order chi connectivity index (χ1) is 11.1. The van der Waals surface area contributed by atoms with E-state index in [-0.39, 0.29) is 12.1 Å². The minimum absolute atomic E-state index is 0.0228. The van der Waals surface area contributed by atoms with Gasteiger partial charge >= 0.3 is 6.03 Å². The quantitative estimate of drug-likeness (QED) is 0.908. The summed E-state index contributed by atoms with van der Waals surface area (Å²) in [6, 6.07) is 2.67. The first kappa shape index (κ1) is 16.3. The molecular formula is C16H27N5O2. The van der Waals surface area contributed by atoms with Crippen LogP contribution in [0.4, 0.5) is 10.6 Å². The monoisotopic (exact) mass is 321 g/mol. The third kappa shape index (κ3) is 3.50. The van der Waals surface area contributed by atoms with E-state index in [1.165, 1.54) is 19.4 Å². The van der Waals surface area contributed by atoms with Gasteiger partial charge in [0.1, 0.15) is 5.82 Å². The Morgan fingerprint density at radius 3 is 3.09 bits per heavy atom. The van der Waals surface area contributed by atoms with Crippen LogP contribution in [0, 0.1) is 0 Å². The van der Waals surface area contributed by atoms with E-state index >= 15 is 0 Å². The topological polar surface area (TPSA) is 62.6 Å². The number of nitrogens with zero attached hydrogens (tertiary/aromatic N) is 4. The van der Waals surface area contributed by atoms with Gasteiger partial charge in [0, 0.05) is 51.8 Å². The van der Waals surface area contributed by atoms with Gasteiger partial charge < -0.3 is 9.64 Å². The lowest BCUT2D eigenvalue weighted by atomic mass is 10.1. The summed E-state index contributed by atoms with van der Waals surface area (Å²) in [5.41, 5.74) is 0.929. The highest BCUT2D eigenvalue weighted by atomic mass is 16.5. The van der Waals surface area contributed by atoms with E-state index in [1.807, 2.05) is 18.0 Å². The minimum atomic E-state index is -0.0228. The first-order valence-corrected chi connectivity index (χ1v) is 8.42. The van der Waals surface area contributed by atoms with Crippen LogP contribution in [0.5, 0.6) is 0 Å². The molecule has 23 heavy (non-hydrogen) atoms. The molecule has 3 heterocycles. The van der Waals surface area contributed by atoms with Crippen LogP contribution < -0.4 is 5.32 Å². The zero-order chi connectivity index (χ0) is 16.4. The number of anilines is 1. The van der Waals surface area contributed by atoms with Crippen molar-refractivity contribution in [3.63, 3.8) is 0 Å². The Bertz CT molecular complexity index is 559. The van der Waals surface area contributed by atoms with Gasteiger partial charge in [0.25, 0.3) is 0 Å². The fraction of sp³-hybridized carbons (Fsp3) is 0.750. The molecule has 2 amide bonds. The van der Waals surface area contributed by atoms with E-state index in [4.69, 9.17) is 4.74 Å². The van der Waals surface area contributed by atoms with Crippen molar-refractivity contribution < 1.29 is 9.53 Å². The molecule has 7 nitrogen and oxygen atoms in total. The molecule has 1 aromatic heterocycles. The van der Waals surface area contributed by atoms with Crippen LogP contribution in [-0.4, -0.2) is 71.0 Å². The van der Waals surface area contributed by atoms with Gasteiger partial charge in [-0.25, -0.2) is 4.79 Å². The molecule has 2 aliphatic rings. The molecule has 0 saturated carbocycles. The Labute approximate surface area is 137 Å². The molecule has 2 saturated heterocycles. The van der Waals surface area contributed by atoms with Gasteiger partial charge in [0.05, 0.1) is 12.3 Å². The van der Waals surface area contributed by atoms with Crippen LogP contribution in [0.3, 0.4) is 0 Å². The predicted molar refractivity (Wildman–Crippen MR) is 88.6 cm³/mol. The fourth-order valence-corrected chi connectivity index (χ4v) is 3.62. The summed E-state index contributed by atoms with van der Waals surface area (Å²) in [4.78, 5) is 17.2. The number of aromatic nitrogens is 2. The number of methoxy groups -OCH3 is 1. The standard InChI is InChI=1S/C16H27N5O2/c1-12-10-20-7-4-5-14(20)11-21(12)16(22)17-15-9-13(6-8-23-3)18-19(15)2/h9,12,14H,4-8,10-11H2,1-3H3,(H,17,22)/t12-,14-/m0/s1. The van der Waals surface area contributed by atoms with Gasteiger partial charge in [0.2, 0.25) is 0 Å². The number of amides is 2. The molecule has 2 atom stereocenters. The van der Waals surface area contributed by atoms with Gasteiger partial charge in [-0.2, -0.15) is 5.10 Å². The number of nitrogens with one attached hydrogen (secondary N) is 1. The number of carbonyl (C=O) groups excluding carboxylic acids is 1. The third-order valence-corrected chi connectivity index (χ3v) is 4.93. The second-order valence-electron chi connectivity index (χ2n) is 6.61. The maximum atomic E-state index is 12.7. The highest BCUT2D eigenvalue weighted by Gasteiger charge is 2.36. The minimum Gasteiger partial charge on any atom is -0.384 e. The molecule has 0 aliphatic carbocycles. The maximum absolute atomic E-state index is 12.7. The number of hydrogen-bond donors (Lipinski definition) is 1. The molecule has 7 heteroatoms. The number of fused-ring (bicyclic) bond motifs is 1. The van der Waals surface area contributed by atoms with E-state index in [9.17, 15) is 4.79 Å². The van der Waals surface area contributed by atoms with Crippen LogP contribution >= 0.6 is 0 Å². The summed E-state index contributed by atoms with van der Waals surface area (Å²) in [6.07, 6.45) is 3.19. The van der Waals surface area contributed by atoms with Crippen molar-refractivity contribution in [1.29, 1.82) is 0 Å². The Morgan fingerprint density at radius 1 is 1.48 bits per heavy atom. The van der Waals surface area contributed by atoms with Crippen LogP contribution in [-0.2, 0) is 18.2 Å². The van der Waals surface area contributed by atoms with Gasteiger partial charge in [-0.3, -0.25) is 14.9 Å². The van der Waals surface area contributed by atoms with E-state index in [0.717, 1.165) is 31.0 Å². The van der Waals surface area contributed by atoms with Crippen LogP contribution in [0.25, 0.3) is 0 Å². The van der Waals surface area contributed by atoms with Crippen molar-refractivity contribution in [2.75, 3.05) is 38.7 Å². The predicted octanol–water partition coefficient (Wildman–Crippen LogP) is 1.31. The SMILES string of the molecule is COCCc1cc(NC(=O)N2C[C@@H]3CCCN3C[C@@H]2C)n(C)n1. The molecule has 2 fully saturated rings. The van der Waals surface area contributed by atoms with Gasteiger partial charge in [-0.05, 0) is 26.3 Å². The fourth-order valence-electron chi connectivity index (χ4n) is 3.62. The summed E-state index contributed by atoms with van der Waals surface area (Å²) in [7, 11) is 3.53. The lowest BCUT2D eigenvalue weighted by molar-refractivity contribution is 0.0860. The van der Waals surface area contributed by atoms with Crippen LogP contribution in [0.1, 0.15) is 25.5 Å². The van der Waals surface area contributed by atoms with E-state index in [0.29, 0.717) is 12.6 Å². The van der Waals surface area contributed by atoms with Crippen molar-refractivity contribution in [3.05, 3.63) is 11.8 Å². The lowest BCUT2D eigenvalue weighted by Crippen LogP contribution is -2.57. The molecule has 2 aliphatic heterocycles. The highest BCUT2D eigenvalue weighted by Crippen LogP contribution is 2.25. The summed E-state index contributed by atoms with van der Waals surface area (Å²) >= 11 is 0. The van der Waals surface area contributed by atoms with Crippen molar-refractivity contribution >= 4 is 11.8 Å². The molecule has 1 aromatic rings. The van der Waals surface area contributed by atoms with Gasteiger partial charge in [-0.15, -0.1) is 0 Å². The lowest BCUT2D eigenvalue weighted by Gasteiger charge is -2.42. The largest absolute Gasteiger partial charge is 0.384 e. The second-order valence-corrected chi connectivity index (χ2v) is 6.61. The average molecular weight is 321 g/mol. The molecular weight excluding hydrogens is 294 g/mol. The molecule has 128 valence electrons. The summed E-state index contributed by atoms with van der Waals surface area (Å²) < 4.78 is 6.80. The number of urea groups is 1. The Balaban J connectivity index is 1.63. The highest BCUT2D eigenvalue weighted by molar-refractivity contribution is 5.88. The van der Waals surface area contributed by atoms with Crippen molar-refractivity contribution in [2.45, 2.75) is 38.3 Å². The molecule has 3 rings (SSSR count). The van der Waals surface area contributed by atoms with Gasteiger partial charge in [-0.1, -0.05) is 0 Å². The second kappa shape index (κ2) is 6.88. The number of ether oxygens (including phenoxy) is 1. The Morgan fingerprint density at radius 2 is 2.30 bits per heavy atom. The van der Waals surface area contributed by atoms with Crippen LogP contribution in [0.15, 0.2) is 6.07 Å². The zero-order valence-corrected chi connectivity index (χ0v) is 14.3. The molecule has 0 spiro atoms. The van der Waals surface area contributed by atoms with Crippen molar-refractivity contribution in [1.82, 2.24) is 19.6 Å². The zero-order valence-electron chi connectivity index (χ0n) is 14.3. The summed E-state index contributed by atoms with van der Waals surface area (Å²) in [6.45, 7) is 5.73. The van der Waals surface area contributed by atoms with Crippen molar-refractivity contribution in [3.8, 4) is 0 Å². The Kier molecular flexibility index (Phi) is 4.87. The molecule has 0 bridgehead atoms. The summed E-state index contributed by atoms with van der Waals surface area (Å²) in [5.74, 6) is 0.738. The number of rotatable bonds is 4. The molecule has 0 radical (unpaired) electrons. The van der Waals surface area contributed by atoms with Crippen LogP contribution in [0.2, 0.25) is 0 Å². The van der Waals surface area contributed by atoms with Gasteiger partial charge in [0.15, 0.2) is 0 Å². The van der Waals surface area contributed by atoms with Crippen molar-refractivity contribution in [2.24, 2.45) is 7.05 Å². The van der Waals surface area contributed by atoms with E-state index in [2.05, 4.69) is 22.2 Å². The maximum Gasteiger partial charge on any atom is 0.323 e. The number of piperazine rings is 1. The third-order valence-electron chi connectivity index (χ3n) is 4.93. The first-order valence-electron chi connectivity index (χ1n) is 8.42. The molecule has 1 N–H and O–H groups in total. The number of carbonyl (C=O) groups is 1. The average Bonchev–Trinajstić information content (AvgIpc) is 3.10. The smallest absolute Gasteiger partial charge is 0.323 e. The number of aryl methyl sites for hydroxylation is 1. The summed E-state index contributed by atoms with van der Waals surface area (Å²) in [5, 5.41) is 7.43. The Hall–Kier alpha value is -1.60. The van der Waals surface area contributed by atoms with E-state index in [1.54, 1.807) is 11.8 Å². The number of hydrogen-bond acceptors (Lipinski definition) is 4. The molecule has 0 aromatic carbocycles. The van der Waals surface area contributed by atoms with E-state index < -0.39 is 0 Å².